The highest BCUT2D eigenvalue weighted by Gasteiger charge is 1.93. The molecule has 0 aliphatic rings. The lowest BCUT2D eigenvalue weighted by Crippen LogP contribution is -2.23. The molecule has 0 radical (unpaired) electrons. The van der Waals surface area contributed by atoms with E-state index in [-0.39, 0.29) is 0 Å². The Morgan fingerprint density at radius 2 is 2.07 bits per heavy atom. The molecule has 0 aliphatic heterocycles. The molecule has 0 aromatic heterocycles. The second-order valence-electron chi connectivity index (χ2n) is 3.75. The molecular weight excluding hydrogens is 186 g/mol. The van der Waals surface area contributed by atoms with Crippen LogP contribution in [-0.4, -0.2) is 19.7 Å². The minimum atomic E-state index is 0.534. The van der Waals surface area contributed by atoms with Crippen LogP contribution in [0.3, 0.4) is 0 Å². The zero-order valence-electron chi connectivity index (χ0n) is 10.3. The fourth-order valence-electron chi connectivity index (χ4n) is 1.09. The fraction of sp³-hybridized carbons (Fsp3) is 0.538. The lowest BCUT2D eigenvalue weighted by Gasteiger charge is -2.07. The van der Waals surface area contributed by atoms with Gasteiger partial charge in [0.1, 0.15) is 5.76 Å². The first kappa shape index (κ1) is 14.0. The van der Waals surface area contributed by atoms with E-state index >= 15 is 0 Å². The molecule has 0 rings (SSSR count). The average Bonchev–Trinajstić information content (AvgIpc) is 2.18. The fourth-order valence-corrected chi connectivity index (χ4v) is 1.09. The maximum Gasteiger partial charge on any atom is 0.114 e. The van der Waals surface area contributed by atoms with Gasteiger partial charge in [-0.25, -0.2) is 0 Å². The second kappa shape index (κ2) is 8.30. The van der Waals surface area contributed by atoms with Gasteiger partial charge in [0.05, 0.1) is 7.11 Å². The maximum absolute atomic E-state index is 5.11. The quantitative estimate of drug-likeness (QED) is 0.514. The molecule has 0 unspecified atom stereocenters. The van der Waals surface area contributed by atoms with E-state index < -0.39 is 0 Å². The first-order valence-corrected chi connectivity index (χ1v) is 5.39. The predicted molar refractivity (Wildman–Crippen MR) is 66.8 cm³/mol. The van der Waals surface area contributed by atoms with Gasteiger partial charge in [-0.1, -0.05) is 32.1 Å². The Kier molecular flexibility index (Phi) is 7.74. The van der Waals surface area contributed by atoms with Crippen LogP contribution in [0.25, 0.3) is 0 Å². The van der Waals surface area contributed by atoms with Crippen molar-refractivity contribution in [3.05, 3.63) is 36.1 Å². The van der Waals surface area contributed by atoms with Gasteiger partial charge in [0, 0.05) is 6.04 Å². The van der Waals surface area contributed by atoms with Gasteiger partial charge in [0.15, 0.2) is 0 Å². The van der Waals surface area contributed by atoms with Crippen LogP contribution in [0.2, 0.25) is 0 Å². The van der Waals surface area contributed by atoms with Crippen molar-refractivity contribution in [1.29, 1.82) is 0 Å². The summed E-state index contributed by atoms with van der Waals surface area (Å²) in [6.07, 6.45) is 6.84. The third-order valence-electron chi connectivity index (χ3n) is 2.00. The van der Waals surface area contributed by atoms with Gasteiger partial charge in [-0.2, -0.15) is 0 Å². The van der Waals surface area contributed by atoms with Gasteiger partial charge in [0.2, 0.25) is 0 Å². The summed E-state index contributed by atoms with van der Waals surface area (Å²) in [6, 6.07) is 0.534. The third-order valence-corrected chi connectivity index (χ3v) is 2.00. The molecule has 0 aromatic carbocycles. The van der Waals surface area contributed by atoms with E-state index in [0.29, 0.717) is 6.04 Å². The van der Waals surface area contributed by atoms with Gasteiger partial charge >= 0.3 is 0 Å². The van der Waals surface area contributed by atoms with Gasteiger partial charge in [0.25, 0.3) is 0 Å². The van der Waals surface area contributed by atoms with Crippen LogP contribution in [0, 0.1) is 0 Å². The van der Waals surface area contributed by atoms with Crippen LogP contribution in [0.5, 0.6) is 0 Å². The molecule has 86 valence electrons. The summed E-state index contributed by atoms with van der Waals surface area (Å²) in [6.45, 7) is 11.2. The maximum atomic E-state index is 5.11. The normalized spacial score (nSPS) is 12.5. The minimum Gasteiger partial charge on any atom is -0.497 e. The van der Waals surface area contributed by atoms with E-state index in [1.165, 1.54) is 0 Å². The number of rotatable bonds is 7. The van der Waals surface area contributed by atoms with Crippen LogP contribution in [0.1, 0.15) is 27.2 Å². The molecule has 0 atom stereocenters. The Morgan fingerprint density at radius 1 is 1.40 bits per heavy atom. The molecular formula is C13H23NO. The molecule has 15 heavy (non-hydrogen) atoms. The Balaban J connectivity index is 3.83. The Morgan fingerprint density at radius 3 is 2.53 bits per heavy atom. The monoisotopic (exact) mass is 209 g/mol. The van der Waals surface area contributed by atoms with Crippen molar-refractivity contribution in [3.8, 4) is 0 Å². The minimum absolute atomic E-state index is 0.534. The molecule has 0 spiro atoms. The van der Waals surface area contributed by atoms with Crippen LogP contribution >= 0.6 is 0 Å². The number of methoxy groups -OCH3 is 1. The van der Waals surface area contributed by atoms with Crippen molar-refractivity contribution in [2.75, 3.05) is 13.7 Å². The highest BCUT2D eigenvalue weighted by molar-refractivity contribution is 5.22. The lowest BCUT2D eigenvalue weighted by molar-refractivity contribution is 0.306. The third kappa shape index (κ3) is 8.01. The molecule has 0 saturated carbocycles. The highest BCUT2D eigenvalue weighted by Crippen LogP contribution is 2.03. The van der Waals surface area contributed by atoms with Gasteiger partial charge in [-0.3, -0.25) is 0 Å². The zero-order chi connectivity index (χ0) is 11.7. The predicted octanol–water partition coefficient (Wildman–Crippen LogP) is 3.04. The molecule has 2 nitrogen and oxygen atoms in total. The zero-order valence-corrected chi connectivity index (χ0v) is 10.3. The Labute approximate surface area is 93.7 Å². The summed E-state index contributed by atoms with van der Waals surface area (Å²) in [5.41, 5.74) is 1.11. The van der Waals surface area contributed by atoms with Crippen molar-refractivity contribution in [2.24, 2.45) is 0 Å². The first-order valence-electron chi connectivity index (χ1n) is 5.39. The summed E-state index contributed by atoms with van der Waals surface area (Å²) in [5.74, 6) is 0.868. The van der Waals surface area contributed by atoms with Crippen LogP contribution in [0.4, 0.5) is 0 Å². The largest absolute Gasteiger partial charge is 0.497 e. The summed E-state index contributed by atoms with van der Waals surface area (Å²) < 4.78 is 5.11. The number of hydrogen-bond donors (Lipinski definition) is 1. The van der Waals surface area contributed by atoms with E-state index in [9.17, 15) is 0 Å². The van der Waals surface area contributed by atoms with E-state index in [2.05, 4.69) is 25.7 Å². The van der Waals surface area contributed by atoms with Crippen LogP contribution < -0.4 is 5.32 Å². The summed E-state index contributed by atoms with van der Waals surface area (Å²) >= 11 is 0. The molecule has 0 aromatic rings. The number of hydrogen-bond acceptors (Lipinski definition) is 2. The van der Waals surface area contributed by atoms with E-state index in [0.717, 1.165) is 24.3 Å². The number of nitrogens with one attached hydrogen (secondary N) is 1. The van der Waals surface area contributed by atoms with E-state index in [1.807, 2.05) is 25.2 Å². The highest BCUT2D eigenvalue weighted by atomic mass is 16.5. The smallest absolute Gasteiger partial charge is 0.114 e. The van der Waals surface area contributed by atoms with Crippen molar-refractivity contribution < 1.29 is 4.74 Å². The summed E-state index contributed by atoms with van der Waals surface area (Å²) in [5, 5.41) is 3.35. The molecule has 0 heterocycles. The lowest BCUT2D eigenvalue weighted by atomic mass is 10.2. The number of allylic oxidation sites excluding steroid dienone is 3. The molecule has 0 aliphatic carbocycles. The van der Waals surface area contributed by atoms with E-state index in [4.69, 9.17) is 4.74 Å². The molecule has 1 N–H and O–H groups in total. The SMILES string of the molecule is C=C(/C=C\C(=C/C)OC)CCNC(C)C. The van der Waals surface area contributed by atoms with Crippen LogP contribution in [-0.2, 0) is 4.74 Å². The molecule has 0 saturated heterocycles. The van der Waals surface area contributed by atoms with Crippen molar-refractivity contribution in [3.63, 3.8) is 0 Å². The van der Waals surface area contributed by atoms with Crippen molar-refractivity contribution >= 4 is 0 Å². The summed E-state index contributed by atoms with van der Waals surface area (Å²) in [4.78, 5) is 0. The topological polar surface area (TPSA) is 21.3 Å². The van der Waals surface area contributed by atoms with Gasteiger partial charge in [-0.05, 0) is 32.0 Å². The summed E-state index contributed by atoms with van der Waals surface area (Å²) in [7, 11) is 1.67. The second-order valence-corrected chi connectivity index (χ2v) is 3.75. The molecule has 2 heteroatoms. The average molecular weight is 209 g/mol. The molecule has 0 bridgehead atoms. The van der Waals surface area contributed by atoms with Crippen molar-refractivity contribution in [2.45, 2.75) is 33.2 Å². The van der Waals surface area contributed by atoms with Gasteiger partial charge in [-0.15, -0.1) is 0 Å². The molecule has 0 amide bonds. The first-order chi connectivity index (χ1) is 7.10. The Bertz CT molecular complexity index is 239. The molecule has 0 fully saturated rings. The van der Waals surface area contributed by atoms with Gasteiger partial charge < -0.3 is 10.1 Å². The number of ether oxygens (including phenoxy) is 1. The Hall–Kier alpha value is -1.02. The van der Waals surface area contributed by atoms with Crippen LogP contribution in [0.15, 0.2) is 36.1 Å². The van der Waals surface area contributed by atoms with E-state index in [1.54, 1.807) is 7.11 Å². The van der Waals surface area contributed by atoms with Crippen molar-refractivity contribution in [1.82, 2.24) is 5.32 Å². The standard InChI is InChI=1S/C13H23NO/c1-6-13(15-5)8-7-12(4)9-10-14-11(2)3/h6-8,11,14H,4,9-10H2,1-3,5H3/b8-7-,13-6+.